The minimum absolute atomic E-state index is 0.185. The number of unbranched alkanes of at least 4 members (excludes halogenated alkanes) is 24. The zero-order valence-electron chi connectivity index (χ0n) is 31.0. The molecule has 0 aromatic rings. The summed E-state index contributed by atoms with van der Waals surface area (Å²) in [4.78, 5) is 39.8. The van der Waals surface area contributed by atoms with Crippen LogP contribution in [0, 0.1) is 10.1 Å². The molecule has 5 N–H and O–H groups in total. The SMILES string of the molecule is CCCCCCCCCCCCCCCCCCOC(=O)NC(CCCN=C(N)N[N+](=O)[O-])C(=O)NCCCCCCCCCCCC. The molecule has 0 saturated heterocycles. The molecule has 1 unspecified atom stereocenters. The molecule has 11 nitrogen and oxygen atoms in total. The molecule has 11 heteroatoms. The third-order valence-electron chi connectivity index (χ3n) is 8.81. The number of nitrogens with two attached hydrogens (primary N) is 1. The second-order valence-electron chi connectivity index (χ2n) is 13.4. The Morgan fingerprint density at radius 3 is 1.52 bits per heavy atom. The van der Waals surface area contributed by atoms with Crippen LogP contribution in [0.25, 0.3) is 0 Å². The van der Waals surface area contributed by atoms with Gasteiger partial charge in [-0.3, -0.25) is 4.79 Å². The average molecular weight is 683 g/mol. The molecule has 0 aromatic heterocycles. The monoisotopic (exact) mass is 683 g/mol. The van der Waals surface area contributed by atoms with E-state index in [4.69, 9.17) is 10.5 Å². The Hall–Kier alpha value is -2.59. The standard InChI is InChI=1S/C37H74N6O5/c1-3-5-7-9-11-13-15-16-17-18-19-20-22-24-26-28-33-48-37(45)41-34(30-29-32-40-36(38)42-43(46)47)35(44)39-31-27-25-23-21-14-12-10-8-6-4-2/h34H,3-33H2,1-2H3,(H,39,44)(H,41,45)(H3,38,40,42). The fourth-order valence-corrected chi connectivity index (χ4v) is 5.84. The molecule has 0 aromatic carbocycles. The third-order valence-corrected chi connectivity index (χ3v) is 8.81. The van der Waals surface area contributed by atoms with E-state index in [9.17, 15) is 19.7 Å². The van der Waals surface area contributed by atoms with Crippen LogP contribution in [-0.2, 0) is 9.53 Å². The van der Waals surface area contributed by atoms with Crippen LogP contribution in [0.5, 0.6) is 0 Å². The highest BCUT2D eigenvalue weighted by Crippen LogP contribution is 2.14. The number of aliphatic imine (C=N–C) groups is 1. The number of carbonyl (C=O) groups is 2. The lowest BCUT2D eigenvalue weighted by Crippen LogP contribution is -2.47. The molecule has 0 radical (unpaired) electrons. The van der Waals surface area contributed by atoms with Crippen LogP contribution in [0.4, 0.5) is 4.79 Å². The number of ether oxygens (including phenoxy) is 1. The van der Waals surface area contributed by atoms with Crippen molar-refractivity contribution in [1.82, 2.24) is 16.1 Å². The van der Waals surface area contributed by atoms with Crippen LogP contribution in [0.3, 0.4) is 0 Å². The summed E-state index contributed by atoms with van der Waals surface area (Å²) >= 11 is 0. The molecule has 48 heavy (non-hydrogen) atoms. The number of carbonyl (C=O) groups excluding carboxylic acids is 2. The zero-order valence-corrected chi connectivity index (χ0v) is 31.0. The number of alkyl carbamates (subject to hydrolysis) is 1. The fourth-order valence-electron chi connectivity index (χ4n) is 5.84. The number of hydrogen-bond acceptors (Lipinski definition) is 6. The Labute approximate surface area is 293 Å². The molecule has 0 saturated carbocycles. The first-order valence-electron chi connectivity index (χ1n) is 19.8. The summed E-state index contributed by atoms with van der Waals surface area (Å²) in [6, 6.07) is -0.772. The van der Waals surface area contributed by atoms with E-state index in [0.29, 0.717) is 26.0 Å². The summed E-state index contributed by atoms with van der Waals surface area (Å²) < 4.78 is 5.38. The number of rotatable bonds is 35. The average Bonchev–Trinajstić information content (AvgIpc) is 3.06. The second kappa shape index (κ2) is 35.7. The summed E-state index contributed by atoms with van der Waals surface area (Å²) in [6.07, 6.45) is 32.8. The molecule has 0 spiro atoms. The number of nitro groups is 1. The number of nitrogens with zero attached hydrogens (tertiary/aromatic N) is 2. The highest BCUT2D eigenvalue weighted by Gasteiger charge is 2.21. The van der Waals surface area contributed by atoms with Crippen LogP contribution in [0.15, 0.2) is 4.99 Å². The van der Waals surface area contributed by atoms with Crippen molar-refractivity contribution in [2.24, 2.45) is 10.7 Å². The number of nitrogens with one attached hydrogen (secondary N) is 3. The number of hydrogen-bond donors (Lipinski definition) is 4. The van der Waals surface area contributed by atoms with Gasteiger partial charge in [0, 0.05) is 13.1 Å². The van der Waals surface area contributed by atoms with Crippen LogP contribution < -0.4 is 21.8 Å². The van der Waals surface area contributed by atoms with E-state index in [1.54, 1.807) is 5.43 Å². The van der Waals surface area contributed by atoms with Gasteiger partial charge in [0.05, 0.1) is 6.61 Å². The quantitative estimate of drug-likeness (QED) is 0.0170. The van der Waals surface area contributed by atoms with E-state index in [-0.39, 0.29) is 18.4 Å². The minimum Gasteiger partial charge on any atom is -0.450 e. The molecule has 282 valence electrons. The molecule has 0 heterocycles. The van der Waals surface area contributed by atoms with Gasteiger partial charge in [-0.2, -0.15) is 0 Å². The van der Waals surface area contributed by atoms with Crippen LogP contribution in [0.1, 0.15) is 194 Å². The van der Waals surface area contributed by atoms with E-state index in [1.165, 1.54) is 128 Å². The van der Waals surface area contributed by atoms with E-state index in [2.05, 4.69) is 29.5 Å². The second-order valence-corrected chi connectivity index (χ2v) is 13.4. The van der Waals surface area contributed by atoms with Gasteiger partial charge < -0.3 is 21.1 Å². The van der Waals surface area contributed by atoms with E-state index >= 15 is 0 Å². The van der Waals surface area contributed by atoms with Crippen molar-refractivity contribution in [3.63, 3.8) is 0 Å². The maximum absolute atomic E-state index is 12.9. The molecule has 2 amide bonds. The van der Waals surface area contributed by atoms with Gasteiger partial charge in [-0.05, 0) is 25.7 Å². The number of hydrazine groups is 1. The van der Waals surface area contributed by atoms with Crippen molar-refractivity contribution in [3.8, 4) is 0 Å². The summed E-state index contributed by atoms with van der Waals surface area (Å²) in [5.74, 6) is -0.557. The maximum Gasteiger partial charge on any atom is 0.407 e. The minimum atomic E-state index is -0.778. The zero-order chi connectivity index (χ0) is 35.3. The van der Waals surface area contributed by atoms with Crippen molar-refractivity contribution >= 4 is 18.0 Å². The van der Waals surface area contributed by atoms with Crippen molar-refractivity contribution in [2.45, 2.75) is 200 Å². The van der Waals surface area contributed by atoms with Gasteiger partial charge >= 0.3 is 6.09 Å². The third kappa shape index (κ3) is 33.3. The first-order chi connectivity index (χ1) is 23.4. The first-order valence-corrected chi connectivity index (χ1v) is 19.8. The largest absolute Gasteiger partial charge is 0.450 e. The normalized spacial score (nSPS) is 12.1. The Morgan fingerprint density at radius 2 is 1.08 bits per heavy atom. The topological polar surface area (TPSA) is 161 Å². The fraction of sp³-hybridized carbons (Fsp3) is 0.919. The number of guanidine groups is 1. The molecule has 0 fully saturated rings. The maximum atomic E-state index is 12.9. The summed E-state index contributed by atoms with van der Waals surface area (Å²) in [6.45, 7) is 5.56. The van der Waals surface area contributed by atoms with Crippen molar-refractivity contribution in [1.29, 1.82) is 0 Å². The van der Waals surface area contributed by atoms with Gasteiger partial charge in [-0.1, -0.05) is 173 Å². The lowest BCUT2D eigenvalue weighted by Gasteiger charge is -2.18. The predicted octanol–water partition coefficient (Wildman–Crippen LogP) is 9.26. The molecular formula is C37H74N6O5. The van der Waals surface area contributed by atoms with E-state index in [1.807, 2.05) is 0 Å². The Morgan fingerprint density at radius 1 is 0.667 bits per heavy atom. The summed E-state index contributed by atoms with van der Waals surface area (Å²) in [5.41, 5.74) is 7.26. The van der Waals surface area contributed by atoms with E-state index in [0.717, 1.165) is 38.5 Å². The van der Waals surface area contributed by atoms with Crippen LogP contribution >= 0.6 is 0 Å². The number of amides is 2. The van der Waals surface area contributed by atoms with Crippen molar-refractivity contribution in [3.05, 3.63) is 10.1 Å². The molecule has 0 aliphatic rings. The van der Waals surface area contributed by atoms with Gasteiger partial charge in [-0.15, -0.1) is 0 Å². The Balaban J connectivity index is 4.16. The summed E-state index contributed by atoms with van der Waals surface area (Å²) in [7, 11) is 0. The lowest BCUT2D eigenvalue weighted by molar-refractivity contribution is -0.525. The van der Waals surface area contributed by atoms with Crippen LogP contribution in [0.2, 0.25) is 0 Å². The lowest BCUT2D eigenvalue weighted by atomic mass is 10.0. The molecule has 0 aliphatic carbocycles. The van der Waals surface area contributed by atoms with E-state index < -0.39 is 17.2 Å². The molecule has 0 bridgehead atoms. The van der Waals surface area contributed by atoms with Crippen molar-refractivity contribution < 1.29 is 19.4 Å². The van der Waals surface area contributed by atoms with Gasteiger partial charge in [0.25, 0.3) is 5.96 Å². The van der Waals surface area contributed by atoms with Gasteiger partial charge in [0.2, 0.25) is 5.91 Å². The van der Waals surface area contributed by atoms with Gasteiger partial charge in [0.15, 0.2) is 5.03 Å². The van der Waals surface area contributed by atoms with Gasteiger partial charge in [0.1, 0.15) is 6.04 Å². The highest BCUT2D eigenvalue weighted by molar-refractivity contribution is 5.85. The molecule has 1 atom stereocenters. The smallest absolute Gasteiger partial charge is 0.407 e. The van der Waals surface area contributed by atoms with Gasteiger partial charge in [-0.25, -0.2) is 19.9 Å². The molecular weight excluding hydrogens is 608 g/mol. The highest BCUT2D eigenvalue weighted by atomic mass is 16.7. The Bertz CT molecular complexity index is 798. The molecule has 0 rings (SSSR count). The predicted molar refractivity (Wildman–Crippen MR) is 199 cm³/mol. The first kappa shape index (κ1) is 45.4. The van der Waals surface area contributed by atoms with Crippen LogP contribution in [-0.4, -0.2) is 48.7 Å². The Kier molecular flexibility index (Phi) is 33.8. The van der Waals surface area contributed by atoms with Crippen molar-refractivity contribution in [2.75, 3.05) is 19.7 Å². The molecule has 0 aliphatic heterocycles. The summed E-state index contributed by atoms with van der Waals surface area (Å²) in [5, 5.41) is 15.4.